The number of aliphatic imine (C=N–C) groups is 1. The number of hydrogen-bond acceptors (Lipinski definition) is 3. The highest BCUT2D eigenvalue weighted by Gasteiger charge is 2.50. The second-order valence-corrected chi connectivity index (χ2v) is 8.87. The van der Waals surface area contributed by atoms with E-state index in [1.54, 1.807) is 29.3 Å². The molecule has 3 aromatic rings. The smallest absolute Gasteiger partial charge is 0.271 e. The number of ether oxygens (including phenoxy) is 1. The molecule has 0 aromatic heterocycles. The van der Waals surface area contributed by atoms with Crippen LogP contribution in [0, 0.1) is 27.7 Å². The average molecular weight is 467 g/mol. The fourth-order valence-electron chi connectivity index (χ4n) is 3.76. The molecule has 1 amide bonds. The van der Waals surface area contributed by atoms with Gasteiger partial charge in [0.1, 0.15) is 11.8 Å². The largest absolute Gasteiger partial charge is 0.476 e. The van der Waals surface area contributed by atoms with Crippen molar-refractivity contribution in [1.82, 2.24) is 0 Å². The predicted octanol–water partition coefficient (Wildman–Crippen LogP) is 6.79. The fraction of sp³-hybridized carbons (Fsp3) is 0.231. The van der Waals surface area contributed by atoms with E-state index < -0.39 is 6.10 Å². The molecule has 32 heavy (non-hydrogen) atoms. The highest BCUT2D eigenvalue weighted by atomic mass is 35.5. The van der Waals surface area contributed by atoms with Gasteiger partial charge in [0.15, 0.2) is 0 Å². The lowest BCUT2D eigenvalue weighted by atomic mass is 9.95. The summed E-state index contributed by atoms with van der Waals surface area (Å²) in [6.07, 6.45) is 1.06. The van der Waals surface area contributed by atoms with Crippen LogP contribution in [0.3, 0.4) is 0 Å². The summed E-state index contributed by atoms with van der Waals surface area (Å²) < 4.78 is 6.05. The summed E-state index contributed by atoms with van der Waals surface area (Å²) in [6, 6.07) is 16.5. The molecule has 0 N–H and O–H groups in total. The Morgan fingerprint density at radius 2 is 1.62 bits per heavy atom. The highest BCUT2D eigenvalue weighted by molar-refractivity contribution is 6.35. The number of halogens is 2. The minimum Gasteiger partial charge on any atom is -0.476 e. The summed E-state index contributed by atoms with van der Waals surface area (Å²) >= 11 is 12.3. The van der Waals surface area contributed by atoms with Crippen LogP contribution in [-0.4, -0.2) is 24.3 Å². The van der Waals surface area contributed by atoms with Crippen LogP contribution in [0.2, 0.25) is 10.0 Å². The molecular weight excluding hydrogens is 443 g/mol. The van der Waals surface area contributed by atoms with Gasteiger partial charge >= 0.3 is 0 Å². The molecule has 0 unspecified atom stereocenters. The highest BCUT2D eigenvalue weighted by Crippen LogP contribution is 2.36. The summed E-state index contributed by atoms with van der Waals surface area (Å²) in [6.45, 7) is 8.14. The topological polar surface area (TPSA) is 41.9 Å². The maximum Gasteiger partial charge on any atom is 0.271 e. The zero-order chi connectivity index (χ0) is 23.0. The molecule has 1 aliphatic heterocycles. The molecule has 1 saturated heterocycles. The normalized spacial score (nSPS) is 18.2. The van der Waals surface area contributed by atoms with Crippen molar-refractivity contribution >= 4 is 46.7 Å². The molecule has 0 aliphatic carbocycles. The number of carbonyl (C=O) groups is 1. The Bertz CT molecular complexity index is 1220. The Balaban J connectivity index is 1.71. The van der Waals surface area contributed by atoms with E-state index in [9.17, 15) is 4.79 Å². The molecule has 6 heteroatoms. The Hall–Kier alpha value is -2.82. The minimum atomic E-state index is -0.734. The summed E-state index contributed by atoms with van der Waals surface area (Å²) in [4.78, 5) is 19.7. The molecule has 0 bridgehead atoms. The number of carbonyl (C=O) groups excluding carboxylic acids is 1. The number of nitrogens with zero attached hydrogens (tertiary/aromatic N) is 2. The van der Waals surface area contributed by atoms with Gasteiger partial charge in [0.2, 0.25) is 6.10 Å². The molecule has 4 rings (SSSR count). The lowest BCUT2D eigenvalue weighted by Gasteiger charge is -2.45. The Morgan fingerprint density at radius 3 is 2.34 bits per heavy atom. The molecule has 0 saturated carbocycles. The van der Waals surface area contributed by atoms with E-state index in [0.29, 0.717) is 15.8 Å². The first-order valence-corrected chi connectivity index (χ1v) is 11.1. The van der Waals surface area contributed by atoms with Crippen LogP contribution >= 0.6 is 23.2 Å². The van der Waals surface area contributed by atoms with Gasteiger partial charge in [0.05, 0.1) is 10.7 Å². The Kier molecular flexibility index (Phi) is 6.27. The molecule has 2 atom stereocenters. The van der Waals surface area contributed by atoms with Crippen LogP contribution in [-0.2, 0) is 4.79 Å². The third-order valence-electron chi connectivity index (χ3n) is 6.01. The number of aryl methyl sites for hydroxylation is 2. The van der Waals surface area contributed by atoms with E-state index in [1.807, 2.05) is 51.1 Å². The maximum absolute atomic E-state index is 13.2. The zero-order valence-electron chi connectivity index (χ0n) is 18.4. The van der Waals surface area contributed by atoms with Crippen molar-refractivity contribution in [2.24, 2.45) is 4.99 Å². The van der Waals surface area contributed by atoms with Gasteiger partial charge in [-0.2, -0.15) is 0 Å². The maximum atomic E-state index is 13.2. The first-order chi connectivity index (χ1) is 15.3. The van der Waals surface area contributed by atoms with Crippen molar-refractivity contribution in [1.29, 1.82) is 0 Å². The lowest BCUT2D eigenvalue weighted by Crippen LogP contribution is -2.68. The van der Waals surface area contributed by atoms with Crippen molar-refractivity contribution < 1.29 is 9.53 Å². The van der Waals surface area contributed by atoms with Crippen LogP contribution in [0.25, 0.3) is 0 Å². The van der Waals surface area contributed by atoms with Crippen molar-refractivity contribution in [3.8, 4) is 5.75 Å². The molecule has 1 fully saturated rings. The van der Waals surface area contributed by atoms with Crippen molar-refractivity contribution in [2.75, 3.05) is 4.90 Å². The van der Waals surface area contributed by atoms with Crippen molar-refractivity contribution in [2.45, 2.75) is 39.8 Å². The number of rotatable bonds is 5. The van der Waals surface area contributed by atoms with Gasteiger partial charge in [0.25, 0.3) is 5.91 Å². The fourth-order valence-corrected chi connectivity index (χ4v) is 4.22. The van der Waals surface area contributed by atoms with Gasteiger partial charge in [-0.3, -0.25) is 14.7 Å². The first-order valence-electron chi connectivity index (χ1n) is 10.4. The van der Waals surface area contributed by atoms with E-state index in [-0.39, 0.29) is 11.9 Å². The predicted molar refractivity (Wildman–Crippen MR) is 132 cm³/mol. The van der Waals surface area contributed by atoms with Crippen molar-refractivity contribution in [3.05, 3.63) is 86.9 Å². The van der Waals surface area contributed by atoms with Gasteiger partial charge in [-0.25, -0.2) is 0 Å². The standard InChI is InChI=1S/C26H24Cl2N2O2/c1-15-7-5-9-21(17(15)3)29-14-23-25(32-24-12-11-19(27)13-20(24)28)26(31)30(23)22-10-6-8-16(2)18(22)4/h5-14,23,25H,1-4H3/t23-,25+/m1/s1. The van der Waals surface area contributed by atoms with E-state index in [0.717, 1.165) is 33.6 Å². The van der Waals surface area contributed by atoms with E-state index in [1.165, 1.54) is 0 Å². The van der Waals surface area contributed by atoms with E-state index in [2.05, 4.69) is 13.0 Å². The molecule has 164 valence electrons. The Labute approximate surface area is 198 Å². The van der Waals surface area contributed by atoms with Gasteiger partial charge in [-0.05, 0) is 80.3 Å². The number of hydrogen-bond donors (Lipinski definition) is 0. The summed E-state index contributed by atoms with van der Waals surface area (Å²) in [5, 5.41) is 0.869. The van der Waals surface area contributed by atoms with E-state index >= 15 is 0 Å². The summed E-state index contributed by atoms with van der Waals surface area (Å²) in [7, 11) is 0. The molecule has 1 aliphatic rings. The van der Waals surface area contributed by atoms with Crippen LogP contribution in [0.4, 0.5) is 11.4 Å². The summed E-state index contributed by atoms with van der Waals surface area (Å²) in [5.41, 5.74) is 6.16. The number of amides is 1. The average Bonchev–Trinajstić information content (AvgIpc) is 2.76. The van der Waals surface area contributed by atoms with Gasteiger partial charge < -0.3 is 4.74 Å². The first kappa shape index (κ1) is 22.4. The number of benzene rings is 3. The second-order valence-electron chi connectivity index (χ2n) is 8.03. The quantitative estimate of drug-likeness (QED) is 0.306. The van der Waals surface area contributed by atoms with Crippen molar-refractivity contribution in [3.63, 3.8) is 0 Å². The molecule has 4 nitrogen and oxygen atoms in total. The lowest BCUT2D eigenvalue weighted by molar-refractivity contribution is -0.132. The second kappa shape index (κ2) is 8.97. The molecule has 3 aromatic carbocycles. The molecular formula is C26H24Cl2N2O2. The van der Waals surface area contributed by atoms with Crippen LogP contribution in [0.1, 0.15) is 22.3 Å². The zero-order valence-corrected chi connectivity index (χ0v) is 19.9. The van der Waals surface area contributed by atoms with Gasteiger partial charge in [-0.15, -0.1) is 0 Å². The molecule has 1 heterocycles. The minimum absolute atomic E-state index is 0.137. The monoisotopic (exact) mass is 466 g/mol. The number of anilines is 1. The molecule has 0 spiro atoms. The van der Waals surface area contributed by atoms with E-state index in [4.69, 9.17) is 32.9 Å². The van der Waals surface area contributed by atoms with Gasteiger partial charge in [-0.1, -0.05) is 47.5 Å². The van der Waals surface area contributed by atoms with Crippen LogP contribution < -0.4 is 9.64 Å². The SMILES string of the molecule is Cc1cccc(N=C[C@@H]2[C@H](Oc3ccc(Cl)cc3Cl)C(=O)N2c2cccc(C)c2C)c1C. The third-order valence-corrected chi connectivity index (χ3v) is 6.55. The summed E-state index contributed by atoms with van der Waals surface area (Å²) in [5.74, 6) is 0.280. The van der Waals surface area contributed by atoms with Crippen LogP contribution in [0.15, 0.2) is 59.6 Å². The van der Waals surface area contributed by atoms with Crippen LogP contribution in [0.5, 0.6) is 5.75 Å². The Morgan fingerprint density at radius 1 is 0.938 bits per heavy atom. The van der Waals surface area contributed by atoms with Gasteiger partial charge in [0, 0.05) is 16.9 Å². The third kappa shape index (κ3) is 4.13. The molecule has 0 radical (unpaired) electrons. The number of β-lactam (4-membered cyclic amide) rings is 1.